The number of sulfonamides is 1. The molecule has 0 radical (unpaired) electrons. The lowest BCUT2D eigenvalue weighted by molar-refractivity contribution is -0.645. The molecule has 1 aromatic heterocycles. The Labute approximate surface area is 442 Å². The summed E-state index contributed by atoms with van der Waals surface area (Å²) in [4.78, 5) is 51.7. The van der Waals surface area contributed by atoms with Crippen LogP contribution in [-0.4, -0.2) is 105 Å². The summed E-state index contributed by atoms with van der Waals surface area (Å²) in [6, 6.07) is 22.6. The van der Waals surface area contributed by atoms with Crippen molar-refractivity contribution in [2.75, 3.05) is 43.1 Å². The largest absolute Gasteiger partial charge is 0.500 e. The van der Waals surface area contributed by atoms with Gasteiger partial charge >= 0.3 is 6.18 Å². The van der Waals surface area contributed by atoms with Gasteiger partial charge in [0.2, 0.25) is 22.8 Å². The maximum atomic E-state index is 14.7. The molecular formula is C51H54F3N6O14S3+. The topological polar surface area (TPSA) is 308 Å². The number of halogens is 3. The maximum absolute atomic E-state index is 14.7. The molecule has 0 aliphatic carbocycles. The van der Waals surface area contributed by atoms with E-state index < -0.39 is 95.4 Å². The smallest absolute Gasteiger partial charge is 0.419 e. The van der Waals surface area contributed by atoms with Gasteiger partial charge in [-0.15, -0.1) is 6.42 Å². The van der Waals surface area contributed by atoms with Gasteiger partial charge in [-0.1, -0.05) is 36.4 Å². The van der Waals surface area contributed by atoms with Crippen LogP contribution in [0.1, 0.15) is 72.9 Å². The number of amides is 4. The monoisotopic (exact) mass is 1130 g/mol. The highest BCUT2D eigenvalue weighted by Crippen LogP contribution is 2.38. The van der Waals surface area contributed by atoms with Crippen molar-refractivity contribution in [3.05, 3.63) is 119 Å². The molecule has 0 aliphatic heterocycles. The van der Waals surface area contributed by atoms with Gasteiger partial charge in [0.1, 0.15) is 11.8 Å². The molecule has 0 bridgehead atoms. The van der Waals surface area contributed by atoms with E-state index in [2.05, 4.69) is 16.0 Å². The van der Waals surface area contributed by atoms with Crippen LogP contribution in [0.2, 0.25) is 0 Å². The molecule has 5 aromatic rings. The Bertz CT molecular complexity index is 3410. The van der Waals surface area contributed by atoms with Gasteiger partial charge in [-0.3, -0.25) is 28.3 Å². The number of benzene rings is 4. The van der Waals surface area contributed by atoms with E-state index in [1.807, 2.05) is 0 Å². The number of pyridine rings is 1. The van der Waals surface area contributed by atoms with Crippen molar-refractivity contribution in [1.29, 1.82) is 5.26 Å². The average Bonchev–Trinajstić information content (AvgIpc) is 3.40. The number of ether oxygens (including phenoxy) is 1. The molecule has 6 N–H and O–H groups in total. The summed E-state index contributed by atoms with van der Waals surface area (Å²) < 4.78 is 143. The standard InChI is InChI=1S/C51H53F3N6O14S3/c1-2-44(61)40(34-55)49(64)58-36-22-25-41(51(52,53)54)45(33-36)74-30-9-3-4-18-46(62)56-26-27-57-47(63)19-10-13-35-20-23-37(24-21-35)77(72,73)60(29-12-32-76(69,70)71)50(65)48-38-14-5-7-16-42(38)59(28-11-31-75(66,67)68)43-17-8-6-15-39(43)48/h1,5-8,14-17,20-25,33H,3-4,9-13,18-19,26-32H2,(H5-,56,57,58,61,62,63,64,66,67,68,69,70,71)/p+1. The molecule has 5 rings (SSSR count). The van der Waals surface area contributed by atoms with E-state index in [0.717, 1.165) is 12.1 Å². The first-order valence-corrected chi connectivity index (χ1v) is 28.4. The number of aromatic nitrogens is 1. The number of nitriles is 1. The second kappa shape index (κ2) is 26.9. The Morgan fingerprint density at radius 3 is 1.87 bits per heavy atom. The molecule has 0 aliphatic rings. The highest BCUT2D eigenvalue weighted by molar-refractivity contribution is 7.89. The van der Waals surface area contributed by atoms with Crippen molar-refractivity contribution in [3.8, 4) is 24.2 Å². The fraction of sp³-hybridized carbons (Fsp3) is 0.333. The normalized spacial score (nSPS) is 12.2. The number of carbonyl (C=O) groups excluding carboxylic acids is 4. The fourth-order valence-corrected chi connectivity index (χ4v) is 10.4. The Morgan fingerprint density at radius 1 is 0.740 bits per heavy atom. The average molecular weight is 1130 g/mol. The van der Waals surface area contributed by atoms with E-state index in [1.165, 1.54) is 30.3 Å². The van der Waals surface area contributed by atoms with Gasteiger partial charge < -0.3 is 25.8 Å². The quantitative estimate of drug-likeness (QED) is 0.00530. The van der Waals surface area contributed by atoms with Gasteiger partial charge in [-0.2, -0.15) is 39.8 Å². The number of terminal acetylenes is 1. The lowest BCUT2D eigenvalue weighted by atomic mass is 10.0. The number of allylic oxidation sites excluding steroid dienone is 1. The molecule has 0 saturated carbocycles. The Hall–Kier alpha value is -7.62. The van der Waals surface area contributed by atoms with Crippen LogP contribution in [0.5, 0.6) is 5.75 Å². The van der Waals surface area contributed by atoms with Gasteiger partial charge in [0.15, 0.2) is 17.9 Å². The number of hydrogen-bond donors (Lipinski definition) is 6. The first-order valence-electron chi connectivity index (χ1n) is 23.7. The zero-order valence-corrected chi connectivity index (χ0v) is 43.5. The molecule has 410 valence electrons. The van der Waals surface area contributed by atoms with E-state index in [-0.39, 0.29) is 79.9 Å². The molecule has 0 unspecified atom stereocenters. The summed E-state index contributed by atoms with van der Waals surface area (Å²) >= 11 is 0. The van der Waals surface area contributed by atoms with Crippen molar-refractivity contribution >= 4 is 81.4 Å². The van der Waals surface area contributed by atoms with Crippen molar-refractivity contribution in [1.82, 2.24) is 14.9 Å². The molecule has 0 saturated heterocycles. The van der Waals surface area contributed by atoms with Crippen molar-refractivity contribution in [3.63, 3.8) is 0 Å². The highest BCUT2D eigenvalue weighted by atomic mass is 32.2. The number of nitrogens with one attached hydrogen (secondary N) is 3. The van der Waals surface area contributed by atoms with Crippen molar-refractivity contribution < 1.29 is 81.1 Å². The SMILES string of the molecule is C#C/C(O)=C(\C#N)C(=O)Nc1ccc(C(F)(F)F)c(OCCCCCC(=O)NCCNC(=O)CCCc2ccc(S(=O)(=O)N(CCCS(=O)(=O)O)C(=O)c3c4ccccc4[n+](CCCS(=O)(=O)O)c4ccccc34)cc2)c1. The fourth-order valence-electron chi connectivity index (χ4n) is 8.00. The molecule has 77 heavy (non-hydrogen) atoms. The summed E-state index contributed by atoms with van der Waals surface area (Å²) in [5, 5.41) is 26.8. The van der Waals surface area contributed by atoms with Gasteiger partial charge in [0, 0.05) is 62.8 Å². The van der Waals surface area contributed by atoms with Crippen molar-refractivity contribution in [2.24, 2.45) is 0 Å². The van der Waals surface area contributed by atoms with Crippen LogP contribution in [0, 0.1) is 23.7 Å². The van der Waals surface area contributed by atoms with Gasteiger partial charge in [0.05, 0.1) is 44.9 Å². The van der Waals surface area contributed by atoms with Crippen LogP contribution in [-0.2, 0) is 63.8 Å². The van der Waals surface area contributed by atoms with Crippen LogP contribution >= 0.6 is 0 Å². The molecule has 1 heterocycles. The van der Waals surface area contributed by atoms with Crippen LogP contribution < -0.4 is 25.3 Å². The molecule has 20 nitrogen and oxygen atoms in total. The van der Waals surface area contributed by atoms with E-state index in [4.69, 9.17) is 16.4 Å². The van der Waals surface area contributed by atoms with E-state index >= 15 is 0 Å². The zero-order chi connectivity index (χ0) is 56.6. The summed E-state index contributed by atoms with van der Waals surface area (Å²) in [5.74, 6) is -4.00. The summed E-state index contributed by atoms with van der Waals surface area (Å²) in [6.07, 6.45) is 1.63. The lowest BCUT2D eigenvalue weighted by Crippen LogP contribution is -2.41. The molecule has 0 spiro atoms. The minimum atomic E-state index is -4.80. The van der Waals surface area contributed by atoms with Crippen LogP contribution in [0.25, 0.3) is 21.8 Å². The number of alkyl halides is 3. The minimum Gasteiger partial charge on any atom is -0.500 e. The van der Waals surface area contributed by atoms with Gasteiger partial charge in [0.25, 0.3) is 42.1 Å². The first-order chi connectivity index (χ1) is 36.3. The Kier molecular flexibility index (Phi) is 21.1. The van der Waals surface area contributed by atoms with Crippen LogP contribution in [0.3, 0.4) is 0 Å². The number of aryl methyl sites for hydroxylation is 2. The van der Waals surface area contributed by atoms with E-state index in [1.54, 1.807) is 59.0 Å². The number of fused-ring (bicyclic) bond motifs is 2. The van der Waals surface area contributed by atoms with Gasteiger partial charge in [-0.05, 0) is 86.4 Å². The molecule has 4 aromatic carbocycles. The van der Waals surface area contributed by atoms with E-state index in [9.17, 15) is 71.8 Å². The summed E-state index contributed by atoms with van der Waals surface area (Å²) in [5.41, 5.74) is -0.596. The number of anilines is 1. The molecule has 0 atom stereocenters. The van der Waals surface area contributed by atoms with Gasteiger partial charge in [-0.25, -0.2) is 12.7 Å². The zero-order valence-electron chi connectivity index (χ0n) is 41.1. The van der Waals surface area contributed by atoms with E-state index in [0.29, 0.717) is 63.4 Å². The summed E-state index contributed by atoms with van der Waals surface area (Å²) in [6.45, 7) is -0.493. The number of hydrogen-bond acceptors (Lipinski definition) is 13. The number of aliphatic hydroxyl groups is 1. The second-order valence-electron chi connectivity index (χ2n) is 17.2. The second-order valence-corrected chi connectivity index (χ2v) is 22.2. The number of carbonyl (C=O) groups is 4. The number of nitrogens with zero attached hydrogens (tertiary/aromatic N) is 3. The van der Waals surface area contributed by atoms with Crippen molar-refractivity contribution in [2.45, 2.75) is 75.4 Å². The van der Waals surface area contributed by atoms with Crippen LogP contribution in [0.4, 0.5) is 18.9 Å². The lowest BCUT2D eigenvalue weighted by Gasteiger charge is -2.24. The third-order valence-electron chi connectivity index (χ3n) is 11.6. The number of rotatable bonds is 27. The maximum Gasteiger partial charge on any atom is 0.419 e. The number of para-hydroxylation sites is 2. The molecular weight excluding hydrogens is 1070 g/mol. The highest BCUT2D eigenvalue weighted by Gasteiger charge is 2.36. The Balaban J connectivity index is 1.10. The predicted molar refractivity (Wildman–Crippen MR) is 275 cm³/mol. The molecule has 0 fully saturated rings. The number of aliphatic hydroxyl groups excluding tert-OH is 1. The minimum absolute atomic E-state index is 0.00664. The molecule has 26 heteroatoms. The molecule has 4 amide bonds. The summed E-state index contributed by atoms with van der Waals surface area (Å²) in [7, 11) is -13.5. The predicted octanol–water partition coefficient (Wildman–Crippen LogP) is 5.79. The third-order valence-corrected chi connectivity index (χ3v) is 15.0. The Morgan fingerprint density at radius 2 is 1.31 bits per heavy atom. The number of unbranched alkanes of at least 4 members (excludes halogenated alkanes) is 2. The third kappa shape index (κ3) is 17.5. The van der Waals surface area contributed by atoms with Crippen LogP contribution in [0.15, 0.2) is 107 Å². The first kappa shape index (κ1) is 60.2.